The fourth-order valence-corrected chi connectivity index (χ4v) is 8.27. The highest BCUT2D eigenvalue weighted by Gasteiger charge is 2.21. The van der Waals surface area contributed by atoms with E-state index in [0.717, 1.165) is 82.6 Å². The molecule has 0 fully saturated rings. The Kier molecular flexibility index (Phi) is 10.1. The Balaban J connectivity index is 1.34. The van der Waals surface area contributed by atoms with E-state index in [4.69, 9.17) is 31.3 Å². The van der Waals surface area contributed by atoms with E-state index in [0.29, 0.717) is 23.9 Å². The Morgan fingerprint density at radius 2 is 1.85 bits per heavy atom. The van der Waals surface area contributed by atoms with Crippen LogP contribution in [0.15, 0.2) is 40.3 Å². The van der Waals surface area contributed by atoms with E-state index in [1.165, 1.54) is 28.8 Å². The monoisotopic (exact) mass is 677 g/mol. The molecule has 0 saturated heterocycles. The maximum absolute atomic E-state index is 12.8. The second kappa shape index (κ2) is 14.2. The second-order valence-electron chi connectivity index (χ2n) is 11.8. The molecule has 0 unspecified atom stereocenters. The van der Waals surface area contributed by atoms with Crippen LogP contribution < -0.4 is 4.74 Å². The number of allylic oxidation sites excluding steroid dienone is 2. The van der Waals surface area contributed by atoms with Crippen molar-refractivity contribution in [3.63, 3.8) is 0 Å². The molecular formula is C35H40ClN5O3S2. The quantitative estimate of drug-likeness (QED) is 0.192. The predicted molar refractivity (Wildman–Crippen MR) is 188 cm³/mol. The summed E-state index contributed by atoms with van der Waals surface area (Å²) in [5.74, 6) is 2.99. The third-order valence-corrected chi connectivity index (χ3v) is 10.9. The summed E-state index contributed by atoms with van der Waals surface area (Å²) in [6, 6.07) is 8.76. The largest absolute Gasteiger partial charge is 0.493 e. The molecule has 242 valence electrons. The molecule has 0 amide bonds. The van der Waals surface area contributed by atoms with Crippen LogP contribution in [0.1, 0.15) is 74.1 Å². The summed E-state index contributed by atoms with van der Waals surface area (Å²) in [6.07, 6.45) is 9.82. The summed E-state index contributed by atoms with van der Waals surface area (Å²) < 4.78 is 17.5. The van der Waals surface area contributed by atoms with Gasteiger partial charge in [0.1, 0.15) is 11.4 Å². The predicted octanol–water partition coefficient (Wildman–Crippen LogP) is 7.65. The lowest BCUT2D eigenvalue weighted by Crippen LogP contribution is -2.15. The van der Waals surface area contributed by atoms with Crippen molar-refractivity contribution >= 4 is 53.2 Å². The van der Waals surface area contributed by atoms with Crippen molar-refractivity contribution in [3.8, 4) is 5.75 Å². The van der Waals surface area contributed by atoms with E-state index < -0.39 is 0 Å². The molecule has 1 aromatic carbocycles. The van der Waals surface area contributed by atoms with Gasteiger partial charge in [-0.15, -0.1) is 23.5 Å². The number of hydrogen-bond acceptors (Lipinski definition) is 7. The van der Waals surface area contributed by atoms with E-state index in [9.17, 15) is 4.79 Å². The number of thioether (sulfide) groups is 2. The minimum absolute atomic E-state index is 0.354. The van der Waals surface area contributed by atoms with Crippen molar-refractivity contribution in [1.82, 2.24) is 24.1 Å². The first-order valence-corrected chi connectivity index (χ1v) is 18.1. The highest BCUT2D eigenvalue weighted by molar-refractivity contribution is 7.98. The van der Waals surface area contributed by atoms with Gasteiger partial charge in [-0.05, 0) is 98.7 Å². The molecule has 4 heterocycles. The average molecular weight is 678 g/mol. The average Bonchev–Trinajstić information content (AvgIpc) is 3.79. The van der Waals surface area contributed by atoms with Crippen LogP contribution in [0.3, 0.4) is 0 Å². The molecular weight excluding hydrogens is 638 g/mol. The van der Waals surface area contributed by atoms with Gasteiger partial charge in [-0.25, -0.2) is 4.79 Å². The van der Waals surface area contributed by atoms with Crippen molar-refractivity contribution in [2.45, 2.75) is 68.2 Å². The molecule has 1 aliphatic heterocycles. The maximum Gasteiger partial charge on any atom is 0.354 e. The molecule has 1 aliphatic carbocycles. The van der Waals surface area contributed by atoms with Crippen LogP contribution in [0.5, 0.6) is 5.75 Å². The van der Waals surface area contributed by atoms with Crippen LogP contribution in [-0.2, 0) is 55.5 Å². The summed E-state index contributed by atoms with van der Waals surface area (Å²) in [4.78, 5) is 14.0. The number of esters is 1. The maximum atomic E-state index is 12.8. The summed E-state index contributed by atoms with van der Waals surface area (Å²) in [5.41, 5.74) is 10.3. The van der Waals surface area contributed by atoms with E-state index in [1.807, 2.05) is 71.0 Å². The van der Waals surface area contributed by atoms with E-state index in [2.05, 4.69) is 25.1 Å². The number of aromatic nitrogens is 5. The number of aryl methyl sites for hydroxylation is 4. The van der Waals surface area contributed by atoms with Crippen LogP contribution in [0.2, 0.25) is 0 Å². The van der Waals surface area contributed by atoms with Gasteiger partial charge in [-0.1, -0.05) is 11.6 Å². The Bertz CT molecular complexity index is 1830. The summed E-state index contributed by atoms with van der Waals surface area (Å²) in [5, 5.41) is 10.2. The fraction of sp³-hybridized carbons (Fsp3) is 0.400. The first-order chi connectivity index (χ1) is 22.2. The lowest BCUT2D eigenvalue weighted by atomic mass is 10.1. The van der Waals surface area contributed by atoms with Crippen molar-refractivity contribution in [1.29, 1.82) is 0 Å². The standard InChI is InChI=1S/C35H40ClN5O3S2/c1-22-14-27-11-10-25(36)16-31-23(2)39(3)38-32(31)21-45-19-26-17-28(40(4)37-26)20-46-29-15-24-8-6-9-30(24)33(18-29)44-13-7-12-41(27)34(22)35(42)43-5/h10-11,14-18H,6-9,12-13,19-21H2,1-5H3/b11-10-,25-16-. The van der Waals surface area contributed by atoms with E-state index in [-0.39, 0.29) is 5.97 Å². The number of benzene rings is 1. The van der Waals surface area contributed by atoms with Crippen LogP contribution >= 0.6 is 35.1 Å². The van der Waals surface area contributed by atoms with Gasteiger partial charge < -0.3 is 14.0 Å². The molecule has 0 N–H and O–H groups in total. The number of hydrogen-bond donors (Lipinski definition) is 0. The Labute approximate surface area is 284 Å². The normalized spacial score (nSPS) is 17.7. The molecule has 8 nitrogen and oxygen atoms in total. The van der Waals surface area contributed by atoms with E-state index in [1.54, 1.807) is 11.8 Å². The zero-order valence-electron chi connectivity index (χ0n) is 27.1. The number of ether oxygens (including phenoxy) is 2. The molecule has 4 aromatic rings. The molecule has 4 bridgehead atoms. The number of rotatable bonds is 1. The first-order valence-electron chi connectivity index (χ1n) is 15.6. The number of carbonyl (C=O) groups excluding carboxylic acids is 1. The van der Waals surface area contributed by atoms with Crippen molar-refractivity contribution in [2.24, 2.45) is 14.1 Å². The number of methoxy groups -OCH3 is 1. The van der Waals surface area contributed by atoms with Gasteiger partial charge in [-0.2, -0.15) is 10.2 Å². The van der Waals surface area contributed by atoms with Gasteiger partial charge in [0.05, 0.1) is 25.1 Å². The van der Waals surface area contributed by atoms with Crippen molar-refractivity contribution in [2.75, 3.05) is 13.7 Å². The van der Waals surface area contributed by atoms with E-state index >= 15 is 0 Å². The highest BCUT2D eigenvalue weighted by atomic mass is 35.5. The topological polar surface area (TPSA) is 76.1 Å². The molecule has 0 atom stereocenters. The lowest BCUT2D eigenvalue weighted by molar-refractivity contribution is 0.0587. The molecule has 0 saturated carbocycles. The Morgan fingerprint density at radius 3 is 2.67 bits per heavy atom. The van der Waals surface area contributed by atoms with Crippen molar-refractivity contribution < 1.29 is 14.3 Å². The number of halogens is 1. The van der Waals surface area contributed by atoms with Crippen LogP contribution in [-0.4, -0.2) is 43.8 Å². The Hall–Kier alpha value is -3.34. The van der Waals surface area contributed by atoms with Crippen LogP contribution in [0.25, 0.3) is 12.2 Å². The molecule has 6 rings (SSSR count). The van der Waals surface area contributed by atoms with Gasteiger partial charge in [-0.3, -0.25) is 9.36 Å². The van der Waals surface area contributed by atoms with Gasteiger partial charge in [0, 0.05) is 70.5 Å². The third kappa shape index (κ3) is 6.99. The minimum Gasteiger partial charge on any atom is -0.493 e. The smallest absolute Gasteiger partial charge is 0.354 e. The Morgan fingerprint density at radius 1 is 1.00 bits per heavy atom. The van der Waals surface area contributed by atoms with Gasteiger partial charge in [0.15, 0.2) is 0 Å². The number of carbonyl (C=O) groups is 1. The molecule has 0 spiro atoms. The molecule has 3 aromatic heterocycles. The highest BCUT2D eigenvalue weighted by Crippen LogP contribution is 2.37. The zero-order valence-corrected chi connectivity index (χ0v) is 29.4. The van der Waals surface area contributed by atoms with Crippen LogP contribution in [0.4, 0.5) is 0 Å². The van der Waals surface area contributed by atoms with Gasteiger partial charge in [0.25, 0.3) is 0 Å². The first kappa shape index (κ1) is 32.6. The van der Waals surface area contributed by atoms with Gasteiger partial charge in [0.2, 0.25) is 0 Å². The lowest BCUT2D eigenvalue weighted by Gasteiger charge is -2.15. The number of fused-ring (bicyclic) bond motifs is 8. The van der Waals surface area contributed by atoms with Crippen LogP contribution in [0, 0.1) is 13.8 Å². The summed E-state index contributed by atoms with van der Waals surface area (Å²) in [6.45, 7) is 5.12. The number of nitrogens with zero attached hydrogens (tertiary/aromatic N) is 5. The second-order valence-corrected chi connectivity index (χ2v) is 14.3. The third-order valence-electron chi connectivity index (χ3n) is 8.68. The molecule has 2 aliphatic rings. The molecule has 0 radical (unpaired) electrons. The SMILES string of the molecule is COC(=O)c1c(C)cc2n1CCCOc1cc(cc3c1CCC3)SCc1cc(nn1C)CSCc1nn(C)c(C)c1/C=C(Cl)/C=C\2. The summed E-state index contributed by atoms with van der Waals surface area (Å²) >= 11 is 10.4. The fourth-order valence-electron chi connectivity index (χ4n) is 6.24. The minimum atomic E-state index is -0.354. The summed E-state index contributed by atoms with van der Waals surface area (Å²) in [7, 11) is 5.40. The zero-order chi connectivity index (χ0) is 32.4. The van der Waals surface area contributed by atoms with Gasteiger partial charge >= 0.3 is 5.97 Å². The molecule has 11 heteroatoms. The molecule has 46 heavy (non-hydrogen) atoms. The van der Waals surface area contributed by atoms with Crippen molar-refractivity contribution in [3.05, 3.63) is 91.8 Å².